The molecule has 1 aromatic heterocycles. The topological polar surface area (TPSA) is 80.3 Å². The van der Waals surface area contributed by atoms with E-state index in [0.29, 0.717) is 24.4 Å². The summed E-state index contributed by atoms with van der Waals surface area (Å²) in [4.78, 5) is 27.4. The van der Waals surface area contributed by atoms with Crippen LogP contribution in [-0.2, 0) is 9.59 Å². The summed E-state index contributed by atoms with van der Waals surface area (Å²) in [7, 11) is 1.50. The zero-order chi connectivity index (χ0) is 13.8. The van der Waals surface area contributed by atoms with Gasteiger partial charge in [-0.05, 0) is 31.4 Å². The molecular weight excluding hydrogens is 246 g/mol. The van der Waals surface area contributed by atoms with Gasteiger partial charge in [0.15, 0.2) is 0 Å². The monoisotopic (exact) mass is 263 g/mol. The number of hydrogen-bond donors (Lipinski definition) is 2. The predicted octanol–water partition coefficient (Wildman–Crippen LogP) is 1.01. The van der Waals surface area contributed by atoms with Gasteiger partial charge in [0.1, 0.15) is 11.7 Å². The van der Waals surface area contributed by atoms with Gasteiger partial charge in [-0.15, -0.1) is 0 Å². The second kappa shape index (κ2) is 5.69. The van der Waals surface area contributed by atoms with Crippen molar-refractivity contribution in [3.63, 3.8) is 0 Å². The zero-order valence-corrected chi connectivity index (χ0v) is 11.0. The van der Waals surface area contributed by atoms with E-state index in [1.165, 1.54) is 7.11 Å². The van der Waals surface area contributed by atoms with E-state index < -0.39 is 6.04 Å². The van der Waals surface area contributed by atoms with Crippen LogP contribution >= 0.6 is 0 Å². The summed E-state index contributed by atoms with van der Waals surface area (Å²) in [5.41, 5.74) is 1.44. The maximum Gasteiger partial charge on any atom is 0.247 e. The van der Waals surface area contributed by atoms with Crippen LogP contribution in [0.1, 0.15) is 24.8 Å². The first-order valence-corrected chi connectivity index (χ1v) is 6.21. The first-order chi connectivity index (χ1) is 9.10. The molecule has 6 heteroatoms. The lowest BCUT2D eigenvalue weighted by molar-refractivity contribution is -0.128. The lowest BCUT2D eigenvalue weighted by Gasteiger charge is -2.22. The van der Waals surface area contributed by atoms with Gasteiger partial charge in [-0.3, -0.25) is 9.59 Å². The molecular formula is C13H17N3O3. The molecule has 2 N–H and O–H groups in total. The molecule has 2 heterocycles. The molecule has 2 amide bonds. The van der Waals surface area contributed by atoms with E-state index in [4.69, 9.17) is 4.74 Å². The van der Waals surface area contributed by atoms with Gasteiger partial charge in [0, 0.05) is 12.6 Å². The molecule has 6 nitrogen and oxygen atoms in total. The van der Waals surface area contributed by atoms with Gasteiger partial charge in [-0.2, -0.15) is 0 Å². The Morgan fingerprint density at radius 2 is 2.37 bits per heavy atom. The van der Waals surface area contributed by atoms with Gasteiger partial charge in [-0.25, -0.2) is 4.98 Å². The summed E-state index contributed by atoms with van der Waals surface area (Å²) in [6.45, 7) is 1.88. The average Bonchev–Trinajstić information content (AvgIpc) is 2.39. The molecule has 102 valence electrons. The van der Waals surface area contributed by atoms with Gasteiger partial charge in [0.05, 0.1) is 7.11 Å². The average molecular weight is 263 g/mol. The van der Waals surface area contributed by atoms with Crippen molar-refractivity contribution in [1.29, 1.82) is 0 Å². The maximum absolute atomic E-state index is 12.1. The molecule has 19 heavy (non-hydrogen) atoms. The van der Waals surface area contributed by atoms with Gasteiger partial charge in [-0.1, -0.05) is 0 Å². The van der Waals surface area contributed by atoms with Gasteiger partial charge >= 0.3 is 0 Å². The molecule has 2 rings (SSSR count). The molecule has 1 fully saturated rings. The molecule has 1 aliphatic heterocycles. The van der Waals surface area contributed by atoms with E-state index in [1.807, 2.05) is 6.92 Å². The zero-order valence-electron chi connectivity index (χ0n) is 11.0. The number of pyridine rings is 1. The molecule has 0 spiro atoms. The van der Waals surface area contributed by atoms with E-state index in [-0.39, 0.29) is 11.8 Å². The third-order valence-corrected chi connectivity index (χ3v) is 2.99. The number of methoxy groups -OCH3 is 1. The molecule has 1 atom stereocenters. The van der Waals surface area contributed by atoms with Crippen LogP contribution in [0.25, 0.3) is 0 Å². The maximum atomic E-state index is 12.1. The molecule has 1 aromatic rings. The number of aromatic nitrogens is 1. The summed E-state index contributed by atoms with van der Waals surface area (Å²) >= 11 is 0. The first-order valence-electron chi connectivity index (χ1n) is 6.21. The molecule has 0 aliphatic carbocycles. The third kappa shape index (κ3) is 3.21. The Kier molecular flexibility index (Phi) is 3.99. The number of rotatable bonds is 3. The second-order valence-electron chi connectivity index (χ2n) is 4.57. The number of aryl methyl sites for hydroxylation is 1. The normalized spacial score (nSPS) is 18.6. The number of piperidine rings is 1. The van der Waals surface area contributed by atoms with Crippen LogP contribution in [0.2, 0.25) is 0 Å². The summed E-state index contributed by atoms with van der Waals surface area (Å²) < 4.78 is 5.10. The Bertz CT molecular complexity index is 502. The van der Waals surface area contributed by atoms with Gasteiger partial charge in [0.2, 0.25) is 17.7 Å². The van der Waals surface area contributed by atoms with Crippen molar-refractivity contribution >= 4 is 17.5 Å². The highest BCUT2D eigenvalue weighted by Gasteiger charge is 2.25. The number of carbonyl (C=O) groups excluding carboxylic acids is 2. The van der Waals surface area contributed by atoms with Crippen LogP contribution in [0, 0.1) is 6.92 Å². The minimum absolute atomic E-state index is 0.0827. The van der Waals surface area contributed by atoms with E-state index in [9.17, 15) is 9.59 Å². The molecule has 1 aliphatic rings. The molecule has 0 bridgehead atoms. The highest BCUT2D eigenvalue weighted by Crippen LogP contribution is 2.22. The highest BCUT2D eigenvalue weighted by molar-refractivity contribution is 5.98. The SMILES string of the molecule is COc1ncc(C)cc1NC(=O)[C@H]1CCCC(=O)N1. The standard InChI is InChI=1S/C13H17N3O3/c1-8-6-10(13(19-2)14-7-8)16-12(18)9-4-3-5-11(17)15-9/h6-7,9H,3-5H2,1-2H3,(H,15,17)(H,16,18)/t9-/m1/s1. The van der Waals surface area contributed by atoms with Crippen LogP contribution in [-0.4, -0.2) is 29.9 Å². The Morgan fingerprint density at radius 1 is 1.58 bits per heavy atom. The van der Waals surface area contributed by atoms with E-state index in [0.717, 1.165) is 12.0 Å². The Balaban J connectivity index is 2.09. The first kappa shape index (κ1) is 13.3. The van der Waals surface area contributed by atoms with E-state index >= 15 is 0 Å². The molecule has 1 saturated heterocycles. The number of amides is 2. The van der Waals surface area contributed by atoms with Crippen molar-refractivity contribution in [2.24, 2.45) is 0 Å². The number of hydrogen-bond acceptors (Lipinski definition) is 4. The number of carbonyl (C=O) groups is 2. The number of ether oxygens (including phenoxy) is 1. The Hall–Kier alpha value is -2.11. The summed E-state index contributed by atoms with van der Waals surface area (Å²) in [6, 6.07) is 1.31. The number of anilines is 1. The molecule has 0 aromatic carbocycles. The lowest BCUT2D eigenvalue weighted by atomic mass is 10.0. The van der Waals surface area contributed by atoms with Crippen LogP contribution in [0.3, 0.4) is 0 Å². The smallest absolute Gasteiger partial charge is 0.247 e. The Labute approximate surface area is 111 Å². The lowest BCUT2D eigenvalue weighted by Crippen LogP contribution is -2.46. The van der Waals surface area contributed by atoms with Gasteiger partial charge in [0.25, 0.3) is 0 Å². The van der Waals surface area contributed by atoms with E-state index in [1.54, 1.807) is 12.3 Å². The van der Waals surface area contributed by atoms with Crippen LogP contribution in [0.4, 0.5) is 5.69 Å². The minimum Gasteiger partial charge on any atom is -0.480 e. The fraction of sp³-hybridized carbons (Fsp3) is 0.462. The largest absolute Gasteiger partial charge is 0.480 e. The second-order valence-corrected chi connectivity index (χ2v) is 4.57. The summed E-state index contributed by atoms with van der Waals surface area (Å²) in [6.07, 6.45) is 3.53. The summed E-state index contributed by atoms with van der Waals surface area (Å²) in [5, 5.41) is 5.43. The van der Waals surface area contributed by atoms with Crippen LogP contribution in [0.15, 0.2) is 12.3 Å². The third-order valence-electron chi connectivity index (χ3n) is 2.99. The van der Waals surface area contributed by atoms with E-state index in [2.05, 4.69) is 15.6 Å². The fourth-order valence-corrected chi connectivity index (χ4v) is 2.03. The quantitative estimate of drug-likeness (QED) is 0.852. The van der Waals surface area contributed by atoms with Crippen LogP contribution < -0.4 is 15.4 Å². The number of nitrogens with one attached hydrogen (secondary N) is 2. The fourth-order valence-electron chi connectivity index (χ4n) is 2.03. The van der Waals surface area contributed by atoms with Crippen molar-refractivity contribution in [1.82, 2.24) is 10.3 Å². The molecule has 0 saturated carbocycles. The highest BCUT2D eigenvalue weighted by atomic mass is 16.5. The summed E-state index contributed by atoms with van der Waals surface area (Å²) in [5.74, 6) is 0.0422. The Morgan fingerprint density at radius 3 is 3.05 bits per heavy atom. The van der Waals surface area contributed by atoms with Crippen molar-refractivity contribution in [2.75, 3.05) is 12.4 Å². The van der Waals surface area contributed by atoms with Crippen molar-refractivity contribution < 1.29 is 14.3 Å². The molecule has 0 unspecified atom stereocenters. The van der Waals surface area contributed by atoms with Crippen molar-refractivity contribution in [2.45, 2.75) is 32.2 Å². The van der Waals surface area contributed by atoms with Crippen molar-refractivity contribution in [3.8, 4) is 5.88 Å². The molecule has 0 radical (unpaired) electrons. The van der Waals surface area contributed by atoms with Gasteiger partial charge < -0.3 is 15.4 Å². The predicted molar refractivity (Wildman–Crippen MR) is 69.9 cm³/mol. The van der Waals surface area contributed by atoms with Crippen LogP contribution in [0.5, 0.6) is 5.88 Å². The number of nitrogens with zero attached hydrogens (tertiary/aromatic N) is 1. The minimum atomic E-state index is -0.480. The van der Waals surface area contributed by atoms with Crippen molar-refractivity contribution in [3.05, 3.63) is 17.8 Å².